The Kier molecular flexibility index (Phi) is 5.40. The molecule has 1 aliphatic rings. The third kappa shape index (κ3) is 3.86. The Morgan fingerprint density at radius 1 is 1.36 bits per heavy atom. The summed E-state index contributed by atoms with van der Waals surface area (Å²) in [6.45, 7) is 11.2. The molecule has 0 bridgehead atoms. The topological polar surface area (TPSA) is 51.0 Å². The van der Waals surface area contributed by atoms with Crippen LogP contribution in [0.1, 0.15) is 46.4 Å². The summed E-state index contributed by atoms with van der Waals surface area (Å²) in [5, 5.41) is 0. The van der Waals surface area contributed by atoms with Gasteiger partial charge in [0.15, 0.2) is 5.65 Å². The summed E-state index contributed by atoms with van der Waals surface area (Å²) >= 11 is 0. The van der Waals surface area contributed by atoms with Gasteiger partial charge in [0.25, 0.3) is 0 Å². The van der Waals surface area contributed by atoms with Crippen molar-refractivity contribution in [1.82, 2.24) is 19.4 Å². The molecule has 0 N–H and O–H groups in total. The van der Waals surface area contributed by atoms with E-state index in [4.69, 9.17) is 4.98 Å². The molecule has 1 saturated heterocycles. The van der Waals surface area contributed by atoms with Gasteiger partial charge in [0.05, 0.1) is 0 Å². The Bertz CT molecular complexity index is 736. The van der Waals surface area contributed by atoms with Crippen molar-refractivity contribution in [2.24, 2.45) is 17.8 Å². The summed E-state index contributed by atoms with van der Waals surface area (Å²) in [7, 11) is 0. The lowest BCUT2D eigenvalue weighted by Crippen LogP contribution is -2.33. The monoisotopic (exact) mass is 342 g/mol. The molecule has 2 atom stereocenters. The molecule has 0 aromatic carbocycles. The molecule has 136 valence electrons. The maximum Gasteiger partial charge on any atom is 0.225 e. The van der Waals surface area contributed by atoms with Crippen LogP contribution in [0.15, 0.2) is 18.3 Å². The largest absolute Gasteiger partial charge is 0.342 e. The van der Waals surface area contributed by atoms with Gasteiger partial charge in [-0.25, -0.2) is 9.97 Å². The van der Waals surface area contributed by atoms with Crippen LogP contribution in [0.2, 0.25) is 0 Å². The average molecular weight is 342 g/mol. The minimum Gasteiger partial charge on any atom is -0.342 e. The van der Waals surface area contributed by atoms with E-state index in [0.29, 0.717) is 17.7 Å². The third-order valence-corrected chi connectivity index (χ3v) is 5.23. The number of amides is 1. The van der Waals surface area contributed by atoms with E-state index in [1.165, 1.54) is 0 Å². The van der Waals surface area contributed by atoms with Crippen LogP contribution in [0.4, 0.5) is 0 Å². The Labute approximate surface area is 150 Å². The number of rotatable bonds is 6. The second kappa shape index (κ2) is 7.54. The van der Waals surface area contributed by atoms with Crippen LogP contribution in [0.5, 0.6) is 0 Å². The zero-order chi connectivity index (χ0) is 18.0. The van der Waals surface area contributed by atoms with Crippen LogP contribution < -0.4 is 0 Å². The highest BCUT2D eigenvalue weighted by Gasteiger charge is 2.29. The molecule has 1 amide bonds. The molecule has 1 fully saturated rings. The smallest absolute Gasteiger partial charge is 0.225 e. The second-order valence-electron chi connectivity index (χ2n) is 7.83. The molecule has 0 aliphatic carbocycles. The van der Waals surface area contributed by atoms with Gasteiger partial charge in [0.2, 0.25) is 5.91 Å². The van der Waals surface area contributed by atoms with Gasteiger partial charge in [-0.2, -0.15) is 0 Å². The molecular formula is C20H30N4O. The van der Waals surface area contributed by atoms with Crippen molar-refractivity contribution in [2.45, 2.75) is 53.5 Å². The van der Waals surface area contributed by atoms with E-state index in [9.17, 15) is 4.79 Å². The normalized spacial score (nSPS) is 19.1. The first kappa shape index (κ1) is 17.9. The summed E-state index contributed by atoms with van der Waals surface area (Å²) in [6.07, 6.45) is 4.75. The maximum absolute atomic E-state index is 12.4. The van der Waals surface area contributed by atoms with Crippen LogP contribution >= 0.6 is 0 Å². The molecule has 2 aromatic heterocycles. The van der Waals surface area contributed by atoms with E-state index in [2.05, 4.69) is 30.3 Å². The average Bonchev–Trinajstić information content (AvgIpc) is 3.19. The molecule has 25 heavy (non-hydrogen) atoms. The number of nitrogens with zero attached hydrogens (tertiary/aromatic N) is 4. The molecule has 1 aliphatic heterocycles. The number of hydrogen-bond donors (Lipinski definition) is 0. The van der Waals surface area contributed by atoms with Gasteiger partial charge in [0, 0.05) is 38.2 Å². The number of aromatic nitrogens is 3. The maximum atomic E-state index is 12.4. The Hall–Kier alpha value is -1.91. The number of fused-ring (bicyclic) bond motifs is 1. The van der Waals surface area contributed by atoms with Crippen molar-refractivity contribution in [3.63, 3.8) is 0 Å². The van der Waals surface area contributed by atoms with E-state index < -0.39 is 0 Å². The van der Waals surface area contributed by atoms with E-state index in [1.807, 2.05) is 30.2 Å². The molecule has 0 spiro atoms. The fourth-order valence-corrected chi connectivity index (χ4v) is 3.66. The Morgan fingerprint density at radius 3 is 2.88 bits per heavy atom. The predicted octanol–water partition coefficient (Wildman–Crippen LogP) is 3.52. The fraction of sp³-hybridized carbons (Fsp3) is 0.650. The number of imidazole rings is 1. The molecule has 2 aromatic rings. The first-order valence-corrected chi connectivity index (χ1v) is 9.58. The van der Waals surface area contributed by atoms with Gasteiger partial charge < -0.3 is 9.47 Å². The van der Waals surface area contributed by atoms with Crippen molar-refractivity contribution < 1.29 is 4.79 Å². The number of pyridine rings is 1. The molecular weight excluding hydrogens is 312 g/mol. The molecule has 5 nitrogen and oxygen atoms in total. The highest BCUT2D eigenvalue weighted by molar-refractivity contribution is 5.78. The van der Waals surface area contributed by atoms with Crippen molar-refractivity contribution in [2.75, 3.05) is 13.1 Å². The van der Waals surface area contributed by atoms with Crippen LogP contribution in [0.3, 0.4) is 0 Å². The minimum absolute atomic E-state index is 0.133. The van der Waals surface area contributed by atoms with Crippen LogP contribution in [0.25, 0.3) is 11.2 Å². The molecule has 0 saturated carbocycles. The molecule has 3 heterocycles. The zero-order valence-electron chi connectivity index (χ0n) is 15.9. The predicted molar refractivity (Wildman–Crippen MR) is 100 cm³/mol. The van der Waals surface area contributed by atoms with E-state index in [-0.39, 0.29) is 5.92 Å². The Balaban J connectivity index is 1.76. The highest BCUT2D eigenvalue weighted by atomic mass is 16.2. The van der Waals surface area contributed by atoms with Crippen molar-refractivity contribution in [1.29, 1.82) is 0 Å². The number of carbonyl (C=O) groups is 1. The molecule has 0 radical (unpaired) electrons. The van der Waals surface area contributed by atoms with E-state index >= 15 is 0 Å². The van der Waals surface area contributed by atoms with Gasteiger partial charge in [-0.3, -0.25) is 4.79 Å². The third-order valence-electron chi connectivity index (χ3n) is 5.23. The molecule has 3 rings (SSSR count). The van der Waals surface area contributed by atoms with Gasteiger partial charge in [-0.15, -0.1) is 0 Å². The van der Waals surface area contributed by atoms with Crippen LogP contribution in [-0.4, -0.2) is 38.4 Å². The standard InChI is InChI=1S/C20H30N4O/c1-5-15(4)20(25)23-10-8-16(13-23)11-18-22-17-7-6-9-21-19(17)24(18)12-14(2)3/h6-7,9,14-16H,5,8,10-13H2,1-4H3/t15-,16+/m1/s1. The Morgan fingerprint density at radius 2 is 2.16 bits per heavy atom. The van der Waals surface area contributed by atoms with Crippen LogP contribution in [-0.2, 0) is 17.8 Å². The van der Waals surface area contributed by atoms with Gasteiger partial charge in [-0.1, -0.05) is 27.7 Å². The molecule has 0 unspecified atom stereocenters. The van der Waals surface area contributed by atoms with Crippen molar-refractivity contribution >= 4 is 17.1 Å². The van der Waals surface area contributed by atoms with Gasteiger partial charge in [0.1, 0.15) is 11.3 Å². The summed E-state index contributed by atoms with van der Waals surface area (Å²) in [6, 6.07) is 3.98. The first-order valence-electron chi connectivity index (χ1n) is 9.58. The minimum atomic E-state index is 0.133. The van der Waals surface area contributed by atoms with Crippen molar-refractivity contribution in [3.8, 4) is 0 Å². The van der Waals surface area contributed by atoms with Crippen LogP contribution in [0, 0.1) is 17.8 Å². The van der Waals surface area contributed by atoms with Gasteiger partial charge >= 0.3 is 0 Å². The highest BCUT2D eigenvalue weighted by Crippen LogP contribution is 2.25. The summed E-state index contributed by atoms with van der Waals surface area (Å²) in [4.78, 5) is 23.9. The summed E-state index contributed by atoms with van der Waals surface area (Å²) < 4.78 is 2.28. The van der Waals surface area contributed by atoms with Crippen molar-refractivity contribution in [3.05, 3.63) is 24.2 Å². The SMILES string of the molecule is CC[C@@H](C)C(=O)N1CC[C@@H](Cc2nc3cccnc3n2CC(C)C)C1. The quantitative estimate of drug-likeness (QED) is 0.807. The van der Waals surface area contributed by atoms with Gasteiger partial charge in [-0.05, 0) is 36.8 Å². The lowest BCUT2D eigenvalue weighted by molar-refractivity contribution is -0.134. The van der Waals surface area contributed by atoms with E-state index in [1.54, 1.807) is 0 Å². The lowest BCUT2D eigenvalue weighted by atomic mass is 10.0. The molecule has 5 heteroatoms. The second-order valence-corrected chi connectivity index (χ2v) is 7.83. The zero-order valence-corrected chi connectivity index (χ0v) is 15.9. The lowest BCUT2D eigenvalue weighted by Gasteiger charge is -2.20. The van der Waals surface area contributed by atoms with E-state index in [0.717, 1.165) is 55.9 Å². The number of likely N-dealkylation sites (tertiary alicyclic amines) is 1. The number of hydrogen-bond acceptors (Lipinski definition) is 3. The number of carbonyl (C=O) groups excluding carboxylic acids is 1. The summed E-state index contributed by atoms with van der Waals surface area (Å²) in [5.74, 6) is 2.60. The first-order chi connectivity index (χ1) is 12.0. The fourth-order valence-electron chi connectivity index (χ4n) is 3.66. The summed E-state index contributed by atoms with van der Waals surface area (Å²) in [5.41, 5.74) is 1.96.